The first-order valence-corrected chi connectivity index (χ1v) is 6.58. The molecule has 0 fully saturated rings. The van der Waals surface area contributed by atoms with Crippen LogP contribution >= 0.6 is 24.2 Å². The summed E-state index contributed by atoms with van der Waals surface area (Å²) in [7, 11) is 1.78. The molecule has 0 aliphatic rings. The van der Waals surface area contributed by atoms with E-state index >= 15 is 0 Å². The van der Waals surface area contributed by atoms with Crippen molar-refractivity contribution in [1.82, 2.24) is 10.6 Å². The molecule has 106 valence electrons. The molecular formula is C11H16ClN3O3S. The number of carbonyl (C=O) groups excluding carboxylic acids is 1. The Morgan fingerprint density at radius 2 is 2.11 bits per heavy atom. The molecule has 1 amide bonds. The number of nitro groups is 1. The second-order valence-electron chi connectivity index (χ2n) is 3.50. The van der Waals surface area contributed by atoms with Crippen LogP contribution in [0.2, 0.25) is 0 Å². The van der Waals surface area contributed by atoms with Gasteiger partial charge in [0.2, 0.25) is 0 Å². The van der Waals surface area contributed by atoms with Gasteiger partial charge in [-0.1, -0.05) is 0 Å². The lowest BCUT2D eigenvalue weighted by molar-refractivity contribution is -0.387. The minimum atomic E-state index is -0.476. The number of rotatable bonds is 6. The zero-order chi connectivity index (χ0) is 13.5. The highest BCUT2D eigenvalue weighted by molar-refractivity contribution is 7.98. The van der Waals surface area contributed by atoms with E-state index in [4.69, 9.17) is 0 Å². The lowest BCUT2D eigenvalue weighted by Crippen LogP contribution is -2.30. The molecule has 0 aliphatic carbocycles. The van der Waals surface area contributed by atoms with Gasteiger partial charge in [0, 0.05) is 24.7 Å². The number of thioether (sulfide) groups is 1. The molecule has 2 N–H and O–H groups in total. The van der Waals surface area contributed by atoms with E-state index in [2.05, 4.69) is 10.6 Å². The Labute approximate surface area is 121 Å². The first kappa shape index (κ1) is 17.7. The summed E-state index contributed by atoms with van der Waals surface area (Å²) < 4.78 is 0. The van der Waals surface area contributed by atoms with Gasteiger partial charge in [-0.25, -0.2) is 0 Å². The van der Waals surface area contributed by atoms with E-state index in [0.29, 0.717) is 23.5 Å². The molecule has 1 rings (SSSR count). The van der Waals surface area contributed by atoms with Gasteiger partial charge in [-0.15, -0.1) is 24.2 Å². The molecule has 0 saturated heterocycles. The SMILES string of the molecule is CNCCNC(=O)c1ccc(SC)c([N+](=O)[O-])c1.Cl. The summed E-state index contributed by atoms with van der Waals surface area (Å²) in [5.41, 5.74) is 0.263. The molecule has 0 bridgehead atoms. The zero-order valence-corrected chi connectivity index (χ0v) is 12.3. The molecule has 0 saturated carbocycles. The highest BCUT2D eigenvalue weighted by atomic mass is 35.5. The summed E-state index contributed by atoms with van der Waals surface area (Å²) >= 11 is 1.28. The molecule has 0 heterocycles. The molecule has 0 aromatic heterocycles. The number of benzene rings is 1. The molecule has 8 heteroatoms. The average molecular weight is 306 g/mol. The zero-order valence-electron chi connectivity index (χ0n) is 10.6. The Balaban J connectivity index is 0.00000324. The van der Waals surface area contributed by atoms with Crippen molar-refractivity contribution in [2.45, 2.75) is 4.90 Å². The van der Waals surface area contributed by atoms with Crippen molar-refractivity contribution in [2.24, 2.45) is 0 Å². The van der Waals surface area contributed by atoms with Gasteiger partial charge in [0.1, 0.15) is 0 Å². The third-order valence-electron chi connectivity index (χ3n) is 2.30. The Hall–Kier alpha value is -1.31. The van der Waals surface area contributed by atoms with Crippen LogP contribution in [0.25, 0.3) is 0 Å². The van der Waals surface area contributed by atoms with Crippen LogP contribution in [0.4, 0.5) is 5.69 Å². The molecular weight excluding hydrogens is 290 g/mol. The number of carbonyl (C=O) groups is 1. The fraction of sp³-hybridized carbons (Fsp3) is 0.364. The van der Waals surface area contributed by atoms with Crippen LogP contribution in [-0.2, 0) is 0 Å². The Morgan fingerprint density at radius 1 is 1.42 bits per heavy atom. The normalized spacial score (nSPS) is 9.58. The van der Waals surface area contributed by atoms with Crippen LogP contribution in [0.3, 0.4) is 0 Å². The first-order valence-electron chi connectivity index (χ1n) is 5.35. The molecule has 0 aliphatic heterocycles. The van der Waals surface area contributed by atoms with Crippen molar-refractivity contribution < 1.29 is 9.72 Å². The minimum Gasteiger partial charge on any atom is -0.351 e. The Morgan fingerprint density at radius 3 is 2.63 bits per heavy atom. The summed E-state index contributed by atoms with van der Waals surface area (Å²) in [4.78, 5) is 22.7. The van der Waals surface area contributed by atoms with Gasteiger partial charge in [0.15, 0.2) is 0 Å². The number of nitrogens with one attached hydrogen (secondary N) is 2. The van der Waals surface area contributed by atoms with Gasteiger partial charge in [-0.2, -0.15) is 0 Å². The first-order chi connectivity index (χ1) is 8.60. The molecule has 0 unspecified atom stereocenters. The number of amides is 1. The lowest BCUT2D eigenvalue weighted by atomic mass is 10.2. The fourth-order valence-corrected chi connectivity index (χ4v) is 1.92. The van der Waals surface area contributed by atoms with Crippen LogP contribution < -0.4 is 10.6 Å². The Bertz CT molecular complexity index is 457. The maximum atomic E-state index is 11.7. The van der Waals surface area contributed by atoms with Gasteiger partial charge in [-0.3, -0.25) is 14.9 Å². The van der Waals surface area contributed by atoms with Crippen LogP contribution in [0.1, 0.15) is 10.4 Å². The van der Waals surface area contributed by atoms with Gasteiger partial charge >= 0.3 is 0 Å². The summed E-state index contributed by atoms with van der Waals surface area (Å²) in [6.45, 7) is 1.13. The van der Waals surface area contributed by atoms with Crippen molar-refractivity contribution in [1.29, 1.82) is 0 Å². The predicted molar refractivity (Wildman–Crippen MR) is 78.4 cm³/mol. The van der Waals surface area contributed by atoms with E-state index in [-0.39, 0.29) is 24.0 Å². The van der Waals surface area contributed by atoms with Crippen molar-refractivity contribution in [3.05, 3.63) is 33.9 Å². The Kier molecular flexibility index (Phi) is 8.13. The summed E-state index contributed by atoms with van der Waals surface area (Å²) in [5.74, 6) is -0.305. The van der Waals surface area contributed by atoms with E-state index in [1.54, 1.807) is 25.4 Å². The van der Waals surface area contributed by atoms with Crippen LogP contribution in [-0.4, -0.2) is 37.2 Å². The van der Waals surface area contributed by atoms with Gasteiger partial charge in [-0.05, 0) is 25.4 Å². The highest BCUT2D eigenvalue weighted by Crippen LogP contribution is 2.28. The van der Waals surface area contributed by atoms with E-state index < -0.39 is 4.92 Å². The van der Waals surface area contributed by atoms with Crippen molar-refractivity contribution >= 4 is 35.8 Å². The maximum Gasteiger partial charge on any atom is 0.283 e. The smallest absolute Gasteiger partial charge is 0.283 e. The second-order valence-corrected chi connectivity index (χ2v) is 4.35. The van der Waals surface area contributed by atoms with Crippen molar-refractivity contribution in [3.63, 3.8) is 0 Å². The van der Waals surface area contributed by atoms with E-state index in [1.807, 2.05) is 0 Å². The van der Waals surface area contributed by atoms with Crippen molar-refractivity contribution in [2.75, 3.05) is 26.4 Å². The van der Waals surface area contributed by atoms with Gasteiger partial charge in [0.25, 0.3) is 11.6 Å². The standard InChI is InChI=1S/C11H15N3O3S.ClH/c1-12-5-6-13-11(15)8-3-4-10(18-2)9(7-8)14(16)17;/h3-4,7,12H,5-6H2,1-2H3,(H,13,15);1H. The van der Waals surface area contributed by atoms with Crippen molar-refractivity contribution in [3.8, 4) is 0 Å². The number of halogens is 1. The molecule has 6 nitrogen and oxygen atoms in total. The number of likely N-dealkylation sites (N-methyl/N-ethyl adjacent to an activating group) is 1. The quantitative estimate of drug-likeness (QED) is 0.361. The second kappa shape index (κ2) is 8.73. The predicted octanol–water partition coefficient (Wildman–Crippen LogP) is 1.69. The number of hydrogen-bond donors (Lipinski definition) is 2. The minimum absolute atomic E-state index is 0. The average Bonchev–Trinajstić information content (AvgIpc) is 2.38. The molecule has 0 atom stereocenters. The van der Waals surface area contributed by atoms with Crippen LogP contribution in [0.5, 0.6) is 0 Å². The summed E-state index contributed by atoms with van der Waals surface area (Å²) in [5, 5.41) is 16.4. The molecule has 0 radical (unpaired) electrons. The van der Waals surface area contributed by atoms with Crippen LogP contribution in [0.15, 0.2) is 23.1 Å². The summed E-state index contributed by atoms with van der Waals surface area (Å²) in [6, 6.07) is 4.49. The molecule has 0 spiro atoms. The number of hydrogen-bond acceptors (Lipinski definition) is 5. The lowest BCUT2D eigenvalue weighted by Gasteiger charge is -2.06. The van der Waals surface area contributed by atoms with Crippen LogP contribution in [0, 0.1) is 10.1 Å². The number of nitro benzene ring substituents is 1. The molecule has 1 aromatic carbocycles. The maximum absolute atomic E-state index is 11.7. The fourth-order valence-electron chi connectivity index (χ4n) is 1.38. The largest absolute Gasteiger partial charge is 0.351 e. The third kappa shape index (κ3) is 5.06. The van der Waals surface area contributed by atoms with E-state index in [0.717, 1.165) is 0 Å². The topological polar surface area (TPSA) is 84.3 Å². The van der Waals surface area contributed by atoms with E-state index in [1.165, 1.54) is 17.8 Å². The molecule has 19 heavy (non-hydrogen) atoms. The van der Waals surface area contributed by atoms with E-state index in [9.17, 15) is 14.9 Å². The molecule has 1 aromatic rings. The monoisotopic (exact) mass is 305 g/mol. The van der Waals surface area contributed by atoms with Gasteiger partial charge < -0.3 is 10.6 Å². The third-order valence-corrected chi connectivity index (χ3v) is 3.08. The van der Waals surface area contributed by atoms with Gasteiger partial charge in [0.05, 0.1) is 9.82 Å². The highest BCUT2D eigenvalue weighted by Gasteiger charge is 2.16. The summed E-state index contributed by atoms with van der Waals surface area (Å²) in [6.07, 6.45) is 1.76. The number of nitrogens with zero attached hydrogens (tertiary/aromatic N) is 1.